The van der Waals surface area contributed by atoms with Gasteiger partial charge in [-0.25, -0.2) is 4.68 Å². The number of hydrogen-bond acceptors (Lipinski definition) is 4. The number of fused-ring (bicyclic) bond motifs is 1. The number of benzene rings is 2. The second kappa shape index (κ2) is 8.77. The molecule has 7 heteroatoms. The van der Waals surface area contributed by atoms with Gasteiger partial charge in [-0.1, -0.05) is 55.5 Å². The van der Waals surface area contributed by atoms with Crippen molar-refractivity contribution in [3.63, 3.8) is 0 Å². The van der Waals surface area contributed by atoms with Crippen LogP contribution in [0.3, 0.4) is 0 Å². The van der Waals surface area contributed by atoms with Crippen molar-refractivity contribution in [2.75, 3.05) is 0 Å². The second-order valence-electron chi connectivity index (χ2n) is 6.11. The number of nitrogens with one attached hydrogen (secondary N) is 2. The summed E-state index contributed by atoms with van der Waals surface area (Å²) in [7, 11) is 0. The monoisotopic (exact) mass is 376 g/mol. The van der Waals surface area contributed by atoms with Gasteiger partial charge in [0.2, 0.25) is 0 Å². The molecule has 7 nitrogen and oxygen atoms in total. The normalized spacial score (nSPS) is 10.9. The first kappa shape index (κ1) is 19.0. The molecule has 1 aromatic heterocycles. The predicted octanol–water partition coefficient (Wildman–Crippen LogP) is 2.28. The fourth-order valence-corrected chi connectivity index (χ4v) is 2.72. The lowest BCUT2D eigenvalue weighted by molar-refractivity contribution is -0.117. The minimum absolute atomic E-state index is 0.0796. The van der Waals surface area contributed by atoms with E-state index in [1.54, 1.807) is 30.3 Å². The molecule has 2 amide bonds. The number of amides is 2. The summed E-state index contributed by atoms with van der Waals surface area (Å²) in [6.07, 6.45) is 3.66. The van der Waals surface area contributed by atoms with Crippen molar-refractivity contribution in [3.05, 3.63) is 82.3 Å². The van der Waals surface area contributed by atoms with E-state index < -0.39 is 11.8 Å². The van der Waals surface area contributed by atoms with Gasteiger partial charge in [0, 0.05) is 18.0 Å². The molecule has 0 fully saturated rings. The van der Waals surface area contributed by atoms with Gasteiger partial charge in [0.15, 0.2) is 5.69 Å². The van der Waals surface area contributed by atoms with E-state index in [1.807, 2.05) is 37.3 Å². The van der Waals surface area contributed by atoms with Gasteiger partial charge in [0.05, 0.1) is 5.39 Å². The Balaban J connectivity index is 1.78. The van der Waals surface area contributed by atoms with Crippen molar-refractivity contribution < 1.29 is 9.59 Å². The third-order valence-electron chi connectivity index (χ3n) is 4.04. The van der Waals surface area contributed by atoms with Crippen LogP contribution in [0.2, 0.25) is 0 Å². The highest BCUT2D eigenvalue weighted by molar-refractivity contribution is 6.05. The van der Waals surface area contributed by atoms with Crippen molar-refractivity contribution in [2.45, 2.75) is 19.9 Å². The van der Waals surface area contributed by atoms with E-state index in [0.29, 0.717) is 23.7 Å². The molecule has 0 bridgehead atoms. The number of hydrazine groups is 1. The van der Waals surface area contributed by atoms with Crippen molar-refractivity contribution in [1.29, 1.82) is 0 Å². The summed E-state index contributed by atoms with van der Waals surface area (Å²) < 4.78 is 1.27. The maximum Gasteiger partial charge on any atom is 0.290 e. The Morgan fingerprint density at radius 3 is 2.39 bits per heavy atom. The van der Waals surface area contributed by atoms with Crippen LogP contribution in [0.15, 0.2) is 65.5 Å². The lowest BCUT2D eigenvalue weighted by Gasteiger charge is -2.10. The largest absolute Gasteiger partial charge is 0.290 e. The Labute approximate surface area is 161 Å². The van der Waals surface area contributed by atoms with Crippen LogP contribution in [0, 0.1) is 0 Å². The van der Waals surface area contributed by atoms with Crippen LogP contribution >= 0.6 is 0 Å². The van der Waals surface area contributed by atoms with Crippen LogP contribution < -0.4 is 16.4 Å². The average Bonchev–Trinajstić information content (AvgIpc) is 2.73. The van der Waals surface area contributed by atoms with Gasteiger partial charge in [0.25, 0.3) is 17.4 Å². The molecule has 28 heavy (non-hydrogen) atoms. The summed E-state index contributed by atoms with van der Waals surface area (Å²) in [6.45, 7) is 2.32. The molecule has 0 aliphatic rings. The van der Waals surface area contributed by atoms with E-state index in [9.17, 15) is 14.4 Å². The number of rotatable bonds is 5. The Morgan fingerprint density at radius 1 is 1.00 bits per heavy atom. The Kier molecular flexibility index (Phi) is 5.96. The number of nitrogens with zero attached hydrogens (tertiary/aromatic N) is 2. The lowest BCUT2D eigenvalue weighted by atomic mass is 10.1. The second-order valence-corrected chi connectivity index (χ2v) is 6.11. The Morgan fingerprint density at radius 2 is 1.68 bits per heavy atom. The highest BCUT2D eigenvalue weighted by Crippen LogP contribution is 2.13. The molecule has 1 heterocycles. The van der Waals surface area contributed by atoms with Crippen molar-refractivity contribution in [1.82, 2.24) is 20.6 Å². The summed E-state index contributed by atoms with van der Waals surface area (Å²) in [5.41, 5.74) is 5.37. The average molecular weight is 376 g/mol. The molecule has 142 valence electrons. The van der Waals surface area contributed by atoms with Crippen molar-refractivity contribution in [3.8, 4) is 0 Å². The van der Waals surface area contributed by atoms with Crippen LogP contribution in [-0.2, 0) is 11.3 Å². The summed E-state index contributed by atoms with van der Waals surface area (Å²) >= 11 is 0. The van der Waals surface area contributed by atoms with Gasteiger partial charge < -0.3 is 0 Å². The molecule has 0 spiro atoms. The van der Waals surface area contributed by atoms with Gasteiger partial charge in [-0.05, 0) is 24.1 Å². The van der Waals surface area contributed by atoms with E-state index in [1.165, 1.54) is 10.8 Å². The van der Waals surface area contributed by atoms with Crippen LogP contribution in [0.1, 0.15) is 29.4 Å². The summed E-state index contributed by atoms with van der Waals surface area (Å²) in [4.78, 5) is 37.0. The molecule has 0 saturated carbocycles. The van der Waals surface area contributed by atoms with Crippen molar-refractivity contribution >= 4 is 28.7 Å². The molecule has 0 unspecified atom stereocenters. The lowest BCUT2D eigenvalue weighted by Crippen LogP contribution is -2.42. The fourth-order valence-electron chi connectivity index (χ4n) is 2.72. The minimum Gasteiger partial charge on any atom is -0.268 e. The molecule has 2 aromatic carbocycles. The molecule has 0 aliphatic carbocycles. The van der Waals surface area contributed by atoms with Gasteiger partial charge in [-0.15, -0.1) is 0 Å². The summed E-state index contributed by atoms with van der Waals surface area (Å²) in [5, 5.41) is 5.03. The van der Waals surface area contributed by atoms with Crippen LogP contribution in [-0.4, -0.2) is 21.6 Å². The number of aromatic nitrogens is 2. The number of carbonyl (C=O) groups is 2. The first-order valence-electron chi connectivity index (χ1n) is 8.93. The van der Waals surface area contributed by atoms with Crippen molar-refractivity contribution in [2.24, 2.45) is 0 Å². The molecule has 3 rings (SSSR count). The third-order valence-corrected chi connectivity index (χ3v) is 4.04. The quantitative estimate of drug-likeness (QED) is 0.528. The zero-order valence-corrected chi connectivity index (χ0v) is 15.4. The maximum absolute atomic E-state index is 12.6. The number of hydrogen-bond donors (Lipinski definition) is 2. The van der Waals surface area contributed by atoms with Crippen LogP contribution in [0.25, 0.3) is 16.8 Å². The van der Waals surface area contributed by atoms with Crippen LogP contribution in [0.4, 0.5) is 0 Å². The maximum atomic E-state index is 12.6. The van der Waals surface area contributed by atoms with E-state index in [4.69, 9.17) is 0 Å². The molecule has 0 radical (unpaired) electrons. The minimum atomic E-state index is -0.595. The Bertz CT molecular complexity index is 1090. The Hall–Kier alpha value is -3.74. The molecule has 0 saturated heterocycles. The molecular formula is C21H20N4O3. The fraction of sp³-hybridized carbons (Fsp3) is 0.143. The first-order chi connectivity index (χ1) is 13.6. The van der Waals surface area contributed by atoms with E-state index in [2.05, 4.69) is 16.0 Å². The van der Waals surface area contributed by atoms with Gasteiger partial charge in [-0.3, -0.25) is 25.2 Å². The van der Waals surface area contributed by atoms with Crippen LogP contribution in [0.5, 0.6) is 0 Å². The molecular weight excluding hydrogens is 356 g/mol. The van der Waals surface area contributed by atoms with Gasteiger partial charge in [0.1, 0.15) is 0 Å². The zero-order valence-electron chi connectivity index (χ0n) is 15.4. The summed E-state index contributed by atoms with van der Waals surface area (Å²) in [6, 6.07) is 16.1. The highest BCUT2D eigenvalue weighted by Gasteiger charge is 2.16. The third kappa shape index (κ3) is 4.32. The highest BCUT2D eigenvalue weighted by atomic mass is 16.2. The molecule has 0 aliphatic heterocycles. The molecule has 2 N–H and O–H groups in total. The predicted molar refractivity (Wildman–Crippen MR) is 107 cm³/mol. The smallest absolute Gasteiger partial charge is 0.268 e. The topological polar surface area (TPSA) is 93.1 Å². The van der Waals surface area contributed by atoms with E-state index in [0.717, 1.165) is 5.56 Å². The van der Waals surface area contributed by atoms with Gasteiger partial charge in [-0.2, -0.15) is 5.10 Å². The van der Waals surface area contributed by atoms with E-state index in [-0.39, 0.29) is 11.3 Å². The molecule has 0 atom stereocenters. The SMILES string of the molecule is CCCn1nc(C(=O)NNC(=O)/C=C/c2ccccc2)c2ccccc2c1=O. The standard InChI is InChI=1S/C21H20N4O3/c1-2-14-25-21(28)17-11-7-6-10-16(17)19(24-25)20(27)23-22-18(26)13-12-15-8-4-3-5-9-15/h3-13H,2,14H2,1H3,(H,22,26)(H,23,27)/b13-12+. The first-order valence-corrected chi connectivity index (χ1v) is 8.93. The molecule has 3 aromatic rings. The number of carbonyl (C=O) groups excluding carboxylic acids is 2. The summed E-state index contributed by atoms with van der Waals surface area (Å²) in [5.74, 6) is -1.08. The van der Waals surface area contributed by atoms with Gasteiger partial charge >= 0.3 is 0 Å². The number of aryl methyl sites for hydroxylation is 1. The zero-order chi connectivity index (χ0) is 19.9. The van der Waals surface area contributed by atoms with E-state index >= 15 is 0 Å².